The maximum atomic E-state index is 12.7. The van der Waals surface area contributed by atoms with Gasteiger partial charge in [0.25, 0.3) is 0 Å². The Balaban J connectivity index is 2.08. The summed E-state index contributed by atoms with van der Waals surface area (Å²) in [5, 5.41) is 10.1. The maximum Gasteiger partial charge on any atom is 0.344 e. The fourth-order valence-corrected chi connectivity index (χ4v) is 3.39. The van der Waals surface area contributed by atoms with Crippen LogP contribution in [0.1, 0.15) is 17.0 Å². The van der Waals surface area contributed by atoms with Gasteiger partial charge in [-0.3, -0.25) is 0 Å². The van der Waals surface area contributed by atoms with Crippen molar-refractivity contribution >= 4 is 32.6 Å². The zero-order chi connectivity index (χ0) is 18.4. The summed E-state index contributed by atoms with van der Waals surface area (Å²) >= 11 is 3.38. The smallest absolute Gasteiger partial charge is 0.344 e. The Morgan fingerprint density at radius 1 is 1.12 bits per heavy atom. The lowest BCUT2D eigenvalue weighted by Crippen LogP contribution is -2.26. The molecule has 0 bridgehead atoms. The molecule has 0 spiro atoms. The molecule has 1 aromatic heterocycles. The van der Waals surface area contributed by atoms with E-state index in [9.17, 15) is 10.1 Å². The minimum atomic E-state index is -0.682. The van der Waals surface area contributed by atoms with Crippen molar-refractivity contribution in [1.29, 1.82) is 5.26 Å². The zero-order valence-electron chi connectivity index (χ0n) is 13.3. The number of ether oxygens (including phenoxy) is 1. The first kappa shape index (κ1) is 16.2. The van der Waals surface area contributed by atoms with Crippen molar-refractivity contribution in [2.24, 2.45) is 5.73 Å². The lowest BCUT2D eigenvalue weighted by molar-refractivity contribution is 0.388. The molecule has 1 atom stereocenters. The molecule has 0 amide bonds. The molecule has 4 rings (SSSR count). The van der Waals surface area contributed by atoms with Crippen LogP contribution in [0.15, 0.2) is 67.6 Å². The van der Waals surface area contributed by atoms with E-state index in [2.05, 4.69) is 22.0 Å². The molecule has 0 radical (unpaired) electrons. The molecule has 0 fully saturated rings. The molecule has 1 aliphatic rings. The van der Waals surface area contributed by atoms with Gasteiger partial charge in [0, 0.05) is 10.2 Å². The third-order valence-corrected chi connectivity index (χ3v) is 4.82. The van der Waals surface area contributed by atoms with E-state index < -0.39 is 11.5 Å². The van der Waals surface area contributed by atoms with Gasteiger partial charge in [-0.25, -0.2) is 4.79 Å². The van der Waals surface area contributed by atoms with E-state index in [1.54, 1.807) is 18.2 Å². The van der Waals surface area contributed by atoms with E-state index in [0.29, 0.717) is 16.7 Å². The van der Waals surface area contributed by atoms with Crippen molar-refractivity contribution in [3.63, 3.8) is 0 Å². The average Bonchev–Trinajstić information content (AvgIpc) is 2.62. The summed E-state index contributed by atoms with van der Waals surface area (Å²) in [5.41, 5.74) is 13.2. The summed E-state index contributed by atoms with van der Waals surface area (Å²) in [6.45, 7) is 0. The first-order valence-electron chi connectivity index (χ1n) is 7.69. The van der Waals surface area contributed by atoms with Crippen LogP contribution >= 0.6 is 15.9 Å². The van der Waals surface area contributed by atoms with E-state index >= 15 is 0 Å². The number of nitriles is 1. The van der Waals surface area contributed by atoms with Gasteiger partial charge in [-0.2, -0.15) is 5.26 Å². The highest BCUT2D eigenvalue weighted by Crippen LogP contribution is 2.43. The second-order valence-electron chi connectivity index (χ2n) is 5.86. The molecular weight excluding hydrogens is 398 g/mol. The summed E-state index contributed by atoms with van der Waals surface area (Å²) in [6, 6.07) is 14.2. The quantitative estimate of drug-likeness (QED) is 0.470. The Bertz CT molecular complexity index is 1170. The van der Waals surface area contributed by atoms with Crippen LogP contribution in [0.25, 0.3) is 11.0 Å². The van der Waals surface area contributed by atoms with Crippen LogP contribution in [-0.2, 0) is 0 Å². The van der Waals surface area contributed by atoms with Gasteiger partial charge in [0.05, 0.1) is 16.9 Å². The van der Waals surface area contributed by atoms with Crippen molar-refractivity contribution in [2.45, 2.75) is 5.92 Å². The van der Waals surface area contributed by atoms with Gasteiger partial charge >= 0.3 is 5.63 Å². The van der Waals surface area contributed by atoms with Crippen molar-refractivity contribution in [1.82, 2.24) is 0 Å². The van der Waals surface area contributed by atoms with E-state index in [4.69, 9.17) is 20.6 Å². The standard InChI is InChI=1S/C19H12BrN3O3/c20-10-3-1-9(2-4-10)15-13(8-21)18(23)26-17-12-7-11(22)5-6-14(12)25-19(24)16(15)17/h1-7,15H,22-23H2. The second kappa shape index (κ2) is 5.93. The Kier molecular flexibility index (Phi) is 3.71. The second-order valence-corrected chi connectivity index (χ2v) is 6.78. The van der Waals surface area contributed by atoms with Crippen LogP contribution in [0.2, 0.25) is 0 Å². The topological polar surface area (TPSA) is 115 Å². The number of hydrogen-bond donors (Lipinski definition) is 2. The molecule has 1 unspecified atom stereocenters. The van der Waals surface area contributed by atoms with Gasteiger partial charge in [0.2, 0.25) is 5.88 Å². The number of nitrogens with two attached hydrogens (primary N) is 2. The molecular formula is C19H12BrN3O3. The molecule has 0 saturated heterocycles. The third kappa shape index (κ3) is 2.43. The lowest BCUT2D eigenvalue weighted by atomic mass is 9.84. The summed E-state index contributed by atoms with van der Waals surface area (Å²) in [5.74, 6) is -0.450. The number of fused-ring (bicyclic) bond motifs is 3. The predicted octanol–water partition coefficient (Wildman–Crippen LogP) is 3.36. The van der Waals surface area contributed by atoms with Crippen molar-refractivity contribution in [2.75, 3.05) is 5.73 Å². The van der Waals surface area contributed by atoms with Crippen LogP contribution in [0.3, 0.4) is 0 Å². The molecule has 7 heteroatoms. The third-order valence-electron chi connectivity index (χ3n) is 4.29. The van der Waals surface area contributed by atoms with E-state index in [1.165, 1.54) is 0 Å². The number of halogens is 1. The van der Waals surface area contributed by atoms with E-state index in [0.717, 1.165) is 10.0 Å². The van der Waals surface area contributed by atoms with Gasteiger partial charge < -0.3 is 20.6 Å². The van der Waals surface area contributed by atoms with Crippen LogP contribution in [-0.4, -0.2) is 0 Å². The fourth-order valence-electron chi connectivity index (χ4n) is 3.13. The molecule has 0 aliphatic carbocycles. The van der Waals surface area contributed by atoms with Gasteiger partial charge in [0.15, 0.2) is 5.75 Å². The maximum absolute atomic E-state index is 12.7. The highest BCUT2D eigenvalue weighted by atomic mass is 79.9. The first-order chi connectivity index (χ1) is 12.5. The normalized spacial score (nSPS) is 16.1. The summed E-state index contributed by atoms with van der Waals surface area (Å²) in [7, 11) is 0. The Morgan fingerprint density at radius 3 is 2.54 bits per heavy atom. The number of nitrogens with zero attached hydrogens (tertiary/aromatic N) is 1. The molecule has 2 aromatic carbocycles. The Morgan fingerprint density at radius 2 is 1.85 bits per heavy atom. The highest BCUT2D eigenvalue weighted by molar-refractivity contribution is 9.10. The van der Waals surface area contributed by atoms with Gasteiger partial charge in [-0.05, 0) is 35.9 Å². The number of allylic oxidation sites excluding steroid dienone is 1. The monoisotopic (exact) mass is 409 g/mol. The van der Waals surface area contributed by atoms with Crippen LogP contribution in [0, 0.1) is 11.3 Å². The number of benzene rings is 2. The zero-order valence-corrected chi connectivity index (χ0v) is 14.9. The van der Waals surface area contributed by atoms with Gasteiger partial charge in [0.1, 0.15) is 17.2 Å². The summed E-state index contributed by atoms with van der Waals surface area (Å²) in [6.07, 6.45) is 0. The number of nitrogen functional groups attached to an aromatic ring is 1. The SMILES string of the molecule is N#CC1=C(N)Oc2c(c(=O)oc3ccc(N)cc23)C1c1ccc(Br)cc1. The Labute approximate surface area is 156 Å². The molecule has 0 saturated carbocycles. The van der Waals surface area contributed by atoms with Gasteiger partial charge in [-0.15, -0.1) is 0 Å². The van der Waals surface area contributed by atoms with Gasteiger partial charge in [-0.1, -0.05) is 28.1 Å². The van der Waals surface area contributed by atoms with Crippen LogP contribution < -0.4 is 21.8 Å². The van der Waals surface area contributed by atoms with E-state index in [1.807, 2.05) is 24.3 Å². The average molecular weight is 410 g/mol. The number of anilines is 1. The highest BCUT2D eigenvalue weighted by Gasteiger charge is 2.35. The molecule has 4 N–H and O–H groups in total. The van der Waals surface area contributed by atoms with E-state index in [-0.39, 0.29) is 22.8 Å². The largest absolute Gasteiger partial charge is 0.439 e. The van der Waals surface area contributed by atoms with Crippen molar-refractivity contribution in [3.05, 3.63) is 79.9 Å². The fraction of sp³-hybridized carbons (Fsp3) is 0.0526. The van der Waals surface area contributed by atoms with Crippen molar-refractivity contribution in [3.8, 4) is 11.8 Å². The van der Waals surface area contributed by atoms with Crippen molar-refractivity contribution < 1.29 is 9.15 Å². The predicted molar refractivity (Wildman–Crippen MR) is 100 cm³/mol. The molecule has 26 heavy (non-hydrogen) atoms. The lowest BCUT2D eigenvalue weighted by Gasteiger charge is -2.26. The minimum Gasteiger partial charge on any atom is -0.439 e. The van der Waals surface area contributed by atoms with Crippen LogP contribution in [0.5, 0.6) is 5.75 Å². The summed E-state index contributed by atoms with van der Waals surface area (Å²) < 4.78 is 12.0. The molecule has 2 heterocycles. The molecule has 6 nitrogen and oxygen atoms in total. The minimum absolute atomic E-state index is 0.0396. The molecule has 3 aromatic rings. The molecule has 128 valence electrons. The number of rotatable bonds is 1. The summed E-state index contributed by atoms with van der Waals surface area (Å²) in [4.78, 5) is 12.7. The Hall–Kier alpha value is -3.24. The number of hydrogen-bond acceptors (Lipinski definition) is 6. The van der Waals surface area contributed by atoms with Crippen LogP contribution in [0.4, 0.5) is 5.69 Å². The first-order valence-corrected chi connectivity index (χ1v) is 8.48. The molecule has 1 aliphatic heterocycles.